The Kier molecular flexibility index (Phi) is 8.23. The number of nitrogens with one attached hydrogen (secondary N) is 2. The third-order valence-corrected chi connectivity index (χ3v) is 6.66. The summed E-state index contributed by atoms with van der Waals surface area (Å²) in [4.78, 5) is 39.3. The van der Waals surface area contributed by atoms with E-state index < -0.39 is 5.92 Å². The van der Waals surface area contributed by atoms with Gasteiger partial charge in [-0.2, -0.15) is 0 Å². The van der Waals surface area contributed by atoms with Gasteiger partial charge >= 0.3 is 0 Å². The summed E-state index contributed by atoms with van der Waals surface area (Å²) in [6.45, 7) is 6.64. The number of aryl methyl sites for hydroxylation is 3. The van der Waals surface area contributed by atoms with Crippen molar-refractivity contribution in [3.05, 3.63) is 89.0 Å². The molecule has 1 fully saturated rings. The molecule has 3 aromatic carbocycles. The first-order chi connectivity index (χ1) is 17.8. The first kappa shape index (κ1) is 25.9. The van der Waals surface area contributed by atoms with Crippen LogP contribution >= 0.6 is 0 Å². The number of ether oxygens (including phenoxy) is 1. The van der Waals surface area contributed by atoms with Crippen LogP contribution in [0.25, 0.3) is 0 Å². The molecule has 0 spiro atoms. The smallest absolute Gasteiger partial charge is 0.262 e. The van der Waals surface area contributed by atoms with E-state index in [-0.39, 0.29) is 30.7 Å². The lowest BCUT2D eigenvalue weighted by Gasteiger charge is -2.17. The third-order valence-electron chi connectivity index (χ3n) is 6.66. The van der Waals surface area contributed by atoms with Crippen LogP contribution in [0.4, 0.5) is 11.4 Å². The minimum atomic E-state index is -0.396. The van der Waals surface area contributed by atoms with Gasteiger partial charge in [0.15, 0.2) is 6.61 Å². The fraction of sp³-hybridized carbons (Fsp3) is 0.300. The van der Waals surface area contributed by atoms with E-state index >= 15 is 0 Å². The summed E-state index contributed by atoms with van der Waals surface area (Å²) < 4.78 is 5.63. The maximum atomic E-state index is 12.7. The molecule has 1 atom stereocenters. The summed E-state index contributed by atoms with van der Waals surface area (Å²) in [5, 5.41) is 5.85. The van der Waals surface area contributed by atoms with Gasteiger partial charge < -0.3 is 20.3 Å². The SMILES string of the molecule is CCc1ccc(CNC(=O)[C@H]2CC(=O)N(c3ccc(OCC(=O)Nc4c(C)cccc4C)cc3)C2)cc1. The fourth-order valence-corrected chi connectivity index (χ4v) is 4.42. The van der Waals surface area contributed by atoms with Crippen LogP contribution in [0, 0.1) is 19.8 Å². The number of amides is 3. The van der Waals surface area contributed by atoms with Gasteiger partial charge in [0.1, 0.15) is 5.75 Å². The van der Waals surface area contributed by atoms with Crippen LogP contribution in [0.2, 0.25) is 0 Å². The Morgan fingerprint density at radius 1 is 0.946 bits per heavy atom. The molecule has 0 aliphatic carbocycles. The zero-order valence-electron chi connectivity index (χ0n) is 21.5. The van der Waals surface area contributed by atoms with Crippen molar-refractivity contribution in [2.45, 2.75) is 40.2 Å². The van der Waals surface area contributed by atoms with Crippen molar-refractivity contribution >= 4 is 29.1 Å². The number of carbonyl (C=O) groups is 3. The van der Waals surface area contributed by atoms with Crippen molar-refractivity contribution in [1.29, 1.82) is 0 Å². The number of hydrogen-bond donors (Lipinski definition) is 2. The lowest BCUT2D eigenvalue weighted by molar-refractivity contribution is -0.126. The summed E-state index contributed by atoms with van der Waals surface area (Å²) in [7, 11) is 0. The molecule has 1 saturated heterocycles. The summed E-state index contributed by atoms with van der Waals surface area (Å²) in [5.41, 5.74) is 5.76. The Morgan fingerprint density at radius 3 is 2.24 bits per heavy atom. The highest BCUT2D eigenvalue weighted by atomic mass is 16.5. The van der Waals surface area contributed by atoms with Crippen LogP contribution in [0.5, 0.6) is 5.75 Å². The zero-order chi connectivity index (χ0) is 26.4. The molecule has 4 rings (SSSR count). The first-order valence-corrected chi connectivity index (χ1v) is 12.6. The van der Waals surface area contributed by atoms with Gasteiger partial charge in [-0.1, -0.05) is 49.4 Å². The highest BCUT2D eigenvalue weighted by Crippen LogP contribution is 2.27. The molecule has 0 saturated carbocycles. The van der Waals surface area contributed by atoms with E-state index in [9.17, 15) is 14.4 Å². The molecular formula is C30H33N3O4. The number of para-hydroxylation sites is 1. The van der Waals surface area contributed by atoms with Gasteiger partial charge in [-0.15, -0.1) is 0 Å². The largest absolute Gasteiger partial charge is 0.484 e. The second-order valence-corrected chi connectivity index (χ2v) is 9.39. The van der Waals surface area contributed by atoms with E-state index in [4.69, 9.17) is 4.74 Å². The van der Waals surface area contributed by atoms with Gasteiger partial charge in [-0.05, 0) is 66.8 Å². The second-order valence-electron chi connectivity index (χ2n) is 9.39. The van der Waals surface area contributed by atoms with Crippen molar-refractivity contribution in [2.75, 3.05) is 23.4 Å². The van der Waals surface area contributed by atoms with Crippen molar-refractivity contribution < 1.29 is 19.1 Å². The van der Waals surface area contributed by atoms with Crippen molar-refractivity contribution in [1.82, 2.24) is 5.32 Å². The predicted molar refractivity (Wildman–Crippen MR) is 145 cm³/mol. The van der Waals surface area contributed by atoms with Crippen LogP contribution in [0.1, 0.15) is 35.6 Å². The number of nitrogens with zero attached hydrogens (tertiary/aromatic N) is 1. The van der Waals surface area contributed by atoms with E-state index in [2.05, 4.69) is 29.7 Å². The van der Waals surface area contributed by atoms with E-state index in [0.717, 1.165) is 28.8 Å². The third kappa shape index (κ3) is 6.55. The zero-order valence-corrected chi connectivity index (χ0v) is 21.5. The summed E-state index contributed by atoms with van der Waals surface area (Å²) in [6.07, 6.45) is 1.15. The lowest BCUT2D eigenvalue weighted by atomic mass is 10.1. The summed E-state index contributed by atoms with van der Waals surface area (Å²) in [5.74, 6) is -0.326. The number of hydrogen-bond acceptors (Lipinski definition) is 4. The minimum Gasteiger partial charge on any atom is -0.484 e. The Hall–Kier alpha value is -4.13. The maximum absolute atomic E-state index is 12.7. The topological polar surface area (TPSA) is 87.7 Å². The van der Waals surface area contributed by atoms with Crippen LogP contribution in [0.15, 0.2) is 66.7 Å². The molecule has 0 aromatic heterocycles. The van der Waals surface area contributed by atoms with E-state index in [1.165, 1.54) is 5.56 Å². The quantitative estimate of drug-likeness (QED) is 0.452. The van der Waals surface area contributed by atoms with Gasteiger partial charge in [-0.25, -0.2) is 0 Å². The molecule has 2 N–H and O–H groups in total. The van der Waals surface area contributed by atoms with Crippen molar-refractivity contribution in [2.24, 2.45) is 5.92 Å². The highest BCUT2D eigenvalue weighted by Gasteiger charge is 2.35. The number of anilines is 2. The Bertz CT molecular complexity index is 1250. The summed E-state index contributed by atoms with van der Waals surface area (Å²) in [6, 6.07) is 21.0. The van der Waals surface area contributed by atoms with Gasteiger partial charge in [0, 0.05) is 30.9 Å². The monoisotopic (exact) mass is 499 g/mol. The number of carbonyl (C=O) groups excluding carboxylic acids is 3. The maximum Gasteiger partial charge on any atom is 0.262 e. The molecule has 0 unspecified atom stereocenters. The van der Waals surface area contributed by atoms with Gasteiger partial charge in [0.25, 0.3) is 5.91 Å². The fourth-order valence-electron chi connectivity index (χ4n) is 4.42. The molecule has 7 nitrogen and oxygen atoms in total. The number of benzene rings is 3. The van der Waals surface area contributed by atoms with Gasteiger partial charge in [-0.3, -0.25) is 14.4 Å². The standard InChI is InChI=1S/C30H33N3O4/c1-4-22-8-10-23(11-9-22)17-31-30(36)24-16-28(35)33(18-24)25-12-14-26(15-13-25)37-19-27(34)32-29-20(2)6-5-7-21(29)3/h5-15,24H,4,16-19H2,1-3H3,(H,31,36)(H,32,34)/t24-/m0/s1. The molecule has 37 heavy (non-hydrogen) atoms. The molecule has 1 aliphatic rings. The highest BCUT2D eigenvalue weighted by molar-refractivity contribution is 6.00. The van der Waals surface area contributed by atoms with Crippen LogP contribution in [-0.4, -0.2) is 30.9 Å². The van der Waals surface area contributed by atoms with Crippen LogP contribution in [-0.2, 0) is 27.3 Å². The predicted octanol–water partition coefficient (Wildman–Crippen LogP) is 4.55. The second kappa shape index (κ2) is 11.7. The molecular weight excluding hydrogens is 466 g/mol. The normalized spacial score (nSPS) is 14.9. The first-order valence-electron chi connectivity index (χ1n) is 12.6. The van der Waals surface area contributed by atoms with E-state index in [1.807, 2.05) is 44.2 Å². The molecule has 192 valence electrons. The Labute approximate surface area is 217 Å². The Morgan fingerprint density at radius 2 is 1.59 bits per heavy atom. The number of rotatable bonds is 9. The molecule has 1 aliphatic heterocycles. The van der Waals surface area contributed by atoms with Crippen LogP contribution < -0.4 is 20.3 Å². The van der Waals surface area contributed by atoms with E-state index in [0.29, 0.717) is 24.5 Å². The van der Waals surface area contributed by atoms with E-state index in [1.54, 1.807) is 29.2 Å². The molecule has 0 bridgehead atoms. The van der Waals surface area contributed by atoms with Gasteiger partial charge in [0.2, 0.25) is 11.8 Å². The molecule has 3 amide bonds. The van der Waals surface area contributed by atoms with Crippen molar-refractivity contribution in [3.8, 4) is 5.75 Å². The van der Waals surface area contributed by atoms with Gasteiger partial charge in [0.05, 0.1) is 5.92 Å². The lowest BCUT2D eigenvalue weighted by Crippen LogP contribution is -2.32. The average molecular weight is 500 g/mol. The summed E-state index contributed by atoms with van der Waals surface area (Å²) >= 11 is 0. The van der Waals surface area contributed by atoms with Crippen molar-refractivity contribution in [3.63, 3.8) is 0 Å². The molecule has 1 heterocycles. The van der Waals surface area contributed by atoms with Crippen LogP contribution in [0.3, 0.4) is 0 Å². The minimum absolute atomic E-state index is 0.0888. The Balaban J connectivity index is 1.27. The average Bonchev–Trinajstić information content (AvgIpc) is 3.30. The molecule has 3 aromatic rings. The molecule has 7 heteroatoms. The molecule has 0 radical (unpaired) electrons.